The number of hydrogen-bond donors (Lipinski definition) is 1. The van der Waals surface area contributed by atoms with Crippen molar-refractivity contribution in [1.29, 1.82) is 0 Å². The van der Waals surface area contributed by atoms with E-state index in [1.54, 1.807) is 0 Å². The van der Waals surface area contributed by atoms with Crippen LogP contribution in [-0.2, 0) is 9.47 Å². The predicted octanol–water partition coefficient (Wildman–Crippen LogP) is 3.34. The lowest BCUT2D eigenvalue weighted by Crippen LogP contribution is -2.31. The van der Waals surface area contributed by atoms with Gasteiger partial charge in [0.2, 0.25) is 0 Å². The molecular formula is C15H31NO2. The van der Waals surface area contributed by atoms with Crippen LogP contribution in [0, 0.1) is 5.92 Å². The van der Waals surface area contributed by atoms with Crippen LogP contribution in [0.3, 0.4) is 0 Å². The van der Waals surface area contributed by atoms with Crippen LogP contribution in [0.1, 0.15) is 58.8 Å². The third-order valence-electron chi connectivity index (χ3n) is 3.59. The molecular weight excluding hydrogens is 226 g/mol. The fraction of sp³-hybridized carbons (Fsp3) is 1.00. The predicted molar refractivity (Wildman–Crippen MR) is 75.7 cm³/mol. The second-order valence-corrected chi connectivity index (χ2v) is 5.31. The fourth-order valence-electron chi connectivity index (χ4n) is 2.29. The zero-order valence-electron chi connectivity index (χ0n) is 12.2. The van der Waals surface area contributed by atoms with E-state index >= 15 is 0 Å². The molecule has 108 valence electrons. The van der Waals surface area contributed by atoms with Crippen LogP contribution >= 0.6 is 0 Å². The van der Waals surface area contributed by atoms with Gasteiger partial charge in [-0.3, -0.25) is 0 Å². The molecule has 1 heterocycles. The first-order valence-electron chi connectivity index (χ1n) is 7.80. The van der Waals surface area contributed by atoms with Crippen molar-refractivity contribution < 1.29 is 9.47 Å². The Bertz CT molecular complexity index is 171. The van der Waals surface area contributed by atoms with E-state index in [0.717, 1.165) is 51.5 Å². The first kappa shape index (κ1) is 15.9. The van der Waals surface area contributed by atoms with Crippen LogP contribution in [-0.4, -0.2) is 32.6 Å². The van der Waals surface area contributed by atoms with E-state index in [9.17, 15) is 0 Å². The van der Waals surface area contributed by atoms with Gasteiger partial charge in [-0.1, -0.05) is 26.7 Å². The molecule has 0 spiro atoms. The summed E-state index contributed by atoms with van der Waals surface area (Å²) >= 11 is 0. The van der Waals surface area contributed by atoms with Crippen molar-refractivity contribution in [2.24, 2.45) is 5.92 Å². The summed E-state index contributed by atoms with van der Waals surface area (Å²) in [5, 5.41) is 3.41. The highest BCUT2D eigenvalue weighted by atomic mass is 16.7. The highest BCUT2D eigenvalue weighted by Gasteiger charge is 2.19. The molecule has 0 amide bonds. The van der Waals surface area contributed by atoms with Gasteiger partial charge in [0.15, 0.2) is 6.29 Å². The first-order chi connectivity index (χ1) is 8.86. The van der Waals surface area contributed by atoms with E-state index < -0.39 is 0 Å². The molecule has 0 aromatic carbocycles. The highest BCUT2D eigenvalue weighted by molar-refractivity contribution is 4.69. The number of nitrogens with one attached hydrogen (secondary N) is 1. The molecule has 1 N–H and O–H groups in total. The average molecular weight is 257 g/mol. The van der Waals surface area contributed by atoms with Crippen molar-refractivity contribution in [2.45, 2.75) is 65.1 Å². The van der Waals surface area contributed by atoms with E-state index in [1.165, 1.54) is 25.7 Å². The summed E-state index contributed by atoms with van der Waals surface area (Å²) in [5.74, 6) is 0.777. The van der Waals surface area contributed by atoms with Crippen LogP contribution in [0.2, 0.25) is 0 Å². The molecule has 0 unspecified atom stereocenters. The summed E-state index contributed by atoms with van der Waals surface area (Å²) in [7, 11) is 0. The van der Waals surface area contributed by atoms with E-state index in [4.69, 9.17) is 9.47 Å². The minimum Gasteiger partial charge on any atom is -0.353 e. The lowest BCUT2D eigenvalue weighted by atomic mass is 9.94. The number of unbranched alkanes of at least 4 members (excludes halogenated alkanes) is 2. The van der Waals surface area contributed by atoms with Gasteiger partial charge >= 0.3 is 0 Å². The molecule has 0 bridgehead atoms. The number of piperidine rings is 1. The molecule has 1 saturated heterocycles. The standard InChI is InChI=1S/C15H31NO2/c1-3-5-11-17-15(18-12-6-4-2)13-14-7-9-16-10-8-14/h14-16H,3-13H2,1-2H3. The average Bonchev–Trinajstić information content (AvgIpc) is 2.40. The van der Waals surface area contributed by atoms with E-state index in [-0.39, 0.29) is 6.29 Å². The maximum atomic E-state index is 5.89. The van der Waals surface area contributed by atoms with Gasteiger partial charge in [0.25, 0.3) is 0 Å². The Labute approximate surface area is 113 Å². The molecule has 3 nitrogen and oxygen atoms in total. The molecule has 18 heavy (non-hydrogen) atoms. The quantitative estimate of drug-likeness (QED) is 0.481. The Kier molecular flexibility index (Phi) is 9.54. The number of rotatable bonds is 10. The van der Waals surface area contributed by atoms with Gasteiger partial charge in [0, 0.05) is 19.6 Å². The lowest BCUT2D eigenvalue weighted by Gasteiger charge is -2.27. The summed E-state index contributed by atoms with van der Waals surface area (Å²) < 4.78 is 11.8. The van der Waals surface area contributed by atoms with Crippen molar-refractivity contribution in [3.05, 3.63) is 0 Å². The van der Waals surface area contributed by atoms with Crippen molar-refractivity contribution in [3.8, 4) is 0 Å². The molecule has 0 aromatic rings. The molecule has 0 aromatic heterocycles. The summed E-state index contributed by atoms with van der Waals surface area (Å²) in [6.45, 7) is 8.39. The third kappa shape index (κ3) is 7.34. The summed E-state index contributed by atoms with van der Waals surface area (Å²) in [6.07, 6.45) is 8.31. The molecule has 3 heteroatoms. The zero-order chi connectivity index (χ0) is 13.1. The lowest BCUT2D eigenvalue weighted by molar-refractivity contribution is -0.154. The summed E-state index contributed by atoms with van der Waals surface area (Å²) in [4.78, 5) is 0. The molecule has 1 aliphatic rings. The van der Waals surface area contributed by atoms with Gasteiger partial charge in [0.05, 0.1) is 0 Å². The highest BCUT2D eigenvalue weighted by Crippen LogP contribution is 2.20. The van der Waals surface area contributed by atoms with Crippen LogP contribution in [0.25, 0.3) is 0 Å². The van der Waals surface area contributed by atoms with E-state index in [0.29, 0.717) is 0 Å². The van der Waals surface area contributed by atoms with Crippen molar-refractivity contribution in [3.63, 3.8) is 0 Å². The summed E-state index contributed by atoms with van der Waals surface area (Å²) in [6, 6.07) is 0. The number of ether oxygens (including phenoxy) is 2. The van der Waals surface area contributed by atoms with Gasteiger partial charge in [-0.05, 0) is 44.7 Å². The maximum absolute atomic E-state index is 5.89. The van der Waals surface area contributed by atoms with Crippen molar-refractivity contribution >= 4 is 0 Å². The van der Waals surface area contributed by atoms with Crippen molar-refractivity contribution in [1.82, 2.24) is 5.32 Å². The van der Waals surface area contributed by atoms with E-state index in [1.807, 2.05) is 0 Å². The van der Waals surface area contributed by atoms with Crippen LogP contribution in [0.5, 0.6) is 0 Å². The minimum atomic E-state index is 0.0335. The second-order valence-electron chi connectivity index (χ2n) is 5.31. The Morgan fingerprint density at radius 2 is 1.56 bits per heavy atom. The normalized spacial score (nSPS) is 17.5. The topological polar surface area (TPSA) is 30.5 Å². The first-order valence-corrected chi connectivity index (χ1v) is 7.80. The molecule has 1 aliphatic heterocycles. The monoisotopic (exact) mass is 257 g/mol. The fourth-order valence-corrected chi connectivity index (χ4v) is 2.29. The zero-order valence-corrected chi connectivity index (χ0v) is 12.2. The van der Waals surface area contributed by atoms with Gasteiger partial charge in [-0.2, -0.15) is 0 Å². The minimum absolute atomic E-state index is 0.0335. The summed E-state index contributed by atoms with van der Waals surface area (Å²) in [5.41, 5.74) is 0. The number of hydrogen-bond acceptors (Lipinski definition) is 3. The molecule has 1 rings (SSSR count). The van der Waals surface area contributed by atoms with Crippen LogP contribution in [0.4, 0.5) is 0 Å². The molecule has 0 aliphatic carbocycles. The molecule has 0 saturated carbocycles. The Balaban J connectivity index is 2.22. The maximum Gasteiger partial charge on any atom is 0.157 e. The second kappa shape index (κ2) is 10.8. The van der Waals surface area contributed by atoms with Gasteiger partial charge in [-0.15, -0.1) is 0 Å². The smallest absolute Gasteiger partial charge is 0.157 e. The molecule has 1 fully saturated rings. The Hall–Kier alpha value is -0.120. The third-order valence-corrected chi connectivity index (χ3v) is 3.59. The Morgan fingerprint density at radius 1 is 1.00 bits per heavy atom. The van der Waals surface area contributed by atoms with Gasteiger partial charge in [-0.25, -0.2) is 0 Å². The Morgan fingerprint density at radius 3 is 2.06 bits per heavy atom. The van der Waals surface area contributed by atoms with Crippen molar-refractivity contribution in [2.75, 3.05) is 26.3 Å². The largest absolute Gasteiger partial charge is 0.353 e. The molecule has 0 atom stereocenters. The van der Waals surface area contributed by atoms with Gasteiger partial charge < -0.3 is 14.8 Å². The van der Waals surface area contributed by atoms with E-state index in [2.05, 4.69) is 19.2 Å². The van der Waals surface area contributed by atoms with Crippen LogP contribution < -0.4 is 5.32 Å². The van der Waals surface area contributed by atoms with Crippen LogP contribution in [0.15, 0.2) is 0 Å². The SMILES string of the molecule is CCCCOC(CC1CCNCC1)OCCCC. The molecule has 0 radical (unpaired) electrons. The van der Waals surface area contributed by atoms with Gasteiger partial charge in [0.1, 0.15) is 0 Å².